The first-order valence-electron chi connectivity index (χ1n) is 8.29. The molecule has 126 valence electrons. The van der Waals surface area contributed by atoms with Crippen LogP contribution in [-0.4, -0.2) is 20.8 Å². The topological polar surface area (TPSA) is 71.5 Å². The number of aromatic nitrogens is 2. The van der Waals surface area contributed by atoms with Crippen molar-refractivity contribution in [2.75, 3.05) is 0 Å². The second-order valence-corrected chi connectivity index (χ2v) is 6.49. The van der Waals surface area contributed by atoms with E-state index in [4.69, 9.17) is 4.42 Å². The first kappa shape index (κ1) is 15.7. The van der Waals surface area contributed by atoms with Crippen LogP contribution in [0.2, 0.25) is 0 Å². The number of benzene rings is 1. The Kier molecular flexibility index (Phi) is 3.73. The summed E-state index contributed by atoms with van der Waals surface area (Å²) < 4.78 is 5.95. The van der Waals surface area contributed by atoms with Crippen molar-refractivity contribution in [3.63, 3.8) is 0 Å². The summed E-state index contributed by atoms with van der Waals surface area (Å²) in [5, 5.41) is 9.75. The third kappa shape index (κ3) is 2.87. The fourth-order valence-corrected chi connectivity index (χ4v) is 2.91. The van der Waals surface area contributed by atoms with Crippen LogP contribution in [-0.2, 0) is 0 Å². The Morgan fingerprint density at radius 1 is 1.12 bits per heavy atom. The molecule has 3 aromatic rings. The minimum Gasteiger partial charge on any atom is -0.435 e. The minimum atomic E-state index is -0.549. The molecule has 0 spiro atoms. The van der Waals surface area contributed by atoms with Gasteiger partial charge < -0.3 is 9.52 Å². The average Bonchev–Trinajstić information content (AvgIpc) is 3.17. The summed E-state index contributed by atoms with van der Waals surface area (Å²) in [5.41, 5.74) is 7.40. The number of aliphatic hydroxyl groups excluding tert-OH is 1. The minimum absolute atomic E-state index is 0.549. The van der Waals surface area contributed by atoms with E-state index in [1.807, 2.05) is 31.2 Å². The lowest BCUT2D eigenvalue weighted by Gasteiger charge is -2.06. The Morgan fingerprint density at radius 2 is 1.96 bits per heavy atom. The highest BCUT2D eigenvalue weighted by Crippen LogP contribution is 2.28. The number of rotatable bonds is 3. The number of allylic oxidation sites excluding steroid dienone is 2. The molecule has 2 aromatic heterocycles. The van der Waals surface area contributed by atoms with Gasteiger partial charge in [-0.1, -0.05) is 6.07 Å². The number of aliphatic imine (C=N–C) groups is 1. The van der Waals surface area contributed by atoms with Gasteiger partial charge in [0.25, 0.3) is 0 Å². The van der Waals surface area contributed by atoms with Crippen molar-refractivity contribution < 1.29 is 9.52 Å². The zero-order valence-electron chi connectivity index (χ0n) is 14.4. The molecule has 5 heteroatoms. The van der Waals surface area contributed by atoms with Crippen molar-refractivity contribution in [1.29, 1.82) is 0 Å². The van der Waals surface area contributed by atoms with E-state index in [0.717, 1.165) is 45.6 Å². The molecule has 0 amide bonds. The molecule has 1 aliphatic heterocycles. The molecule has 5 nitrogen and oxygen atoms in total. The molecule has 0 saturated carbocycles. The molecule has 0 fully saturated rings. The predicted octanol–water partition coefficient (Wildman–Crippen LogP) is 4.43. The Hall–Kier alpha value is -2.79. The molecule has 3 heterocycles. The van der Waals surface area contributed by atoms with Crippen LogP contribution >= 0.6 is 0 Å². The summed E-state index contributed by atoms with van der Waals surface area (Å²) >= 11 is 0. The highest BCUT2D eigenvalue weighted by Gasteiger charge is 2.19. The SMILES string of the molecule is CC1=C(C)N=C(c2nc3ccc(-c4cncc(C(C)O)c4)cc3o2)C1. The maximum absolute atomic E-state index is 9.75. The van der Waals surface area contributed by atoms with Crippen molar-refractivity contribution in [2.45, 2.75) is 33.3 Å². The van der Waals surface area contributed by atoms with Gasteiger partial charge in [0, 0.05) is 30.1 Å². The van der Waals surface area contributed by atoms with Crippen molar-refractivity contribution in [1.82, 2.24) is 9.97 Å². The molecule has 0 aliphatic carbocycles. The smallest absolute Gasteiger partial charge is 0.242 e. The van der Waals surface area contributed by atoms with Gasteiger partial charge in [0.2, 0.25) is 5.89 Å². The fraction of sp³-hybridized carbons (Fsp3) is 0.250. The maximum Gasteiger partial charge on any atom is 0.242 e. The third-order valence-corrected chi connectivity index (χ3v) is 4.56. The Bertz CT molecular complexity index is 1030. The van der Waals surface area contributed by atoms with Gasteiger partial charge in [-0.2, -0.15) is 0 Å². The number of nitrogens with zero attached hydrogens (tertiary/aromatic N) is 3. The Labute approximate surface area is 145 Å². The number of pyridine rings is 1. The number of fused-ring (bicyclic) bond motifs is 1. The van der Waals surface area contributed by atoms with Gasteiger partial charge in [0.05, 0.1) is 6.10 Å². The highest BCUT2D eigenvalue weighted by molar-refractivity contribution is 6.02. The van der Waals surface area contributed by atoms with E-state index in [-0.39, 0.29) is 0 Å². The molecule has 1 N–H and O–H groups in total. The van der Waals surface area contributed by atoms with E-state index in [2.05, 4.69) is 21.9 Å². The maximum atomic E-state index is 9.75. The van der Waals surface area contributed by atoms with Crippen molar-refractivity contribution >= 4 is 16.8 Å². The zero-order valence-corrected chi connectivity index (χ0v) is 14.4. The van der Waals surface area contributed by atoms with Crippen molar-refractivity contribution in [3.8, 4) is 11.1 Å². The molecule has 25 heavy (non-hydrogen) atoms. The van der Waals surface area contributed by atoms with E-state index < -0.39 is 6.10 Å². The summed E-state index contributed by atoms with van der Waals surface area (Å²) in [4.78, 5) is 13.3. The molecule has 1 aromatic carbocycles. The molecule has 1 atom stereocenters. The Morgan fingerprint density at radius 3 is 2.68 bits per heavy atom. The average molecular weight is 333 g/mol. The van der Waals surface area contributed by atoms with E-state index in [9.17, 15) is 5.11 Å². The quantitative estimate of drug-likeness (QED) is 0.769. The van der Waals surface area contributed by atoms with Gasteiger partial charge in [-0.15, -0.1) is 0 Å². The van der Waals surface area contributed by atoms with E-state index >= 15 is 0 Å². The fourth-order valence-electron chi connectivity index (χ4n) is 2.91. The summed E-state index contributed by atoms with van der Waals surface area (Å²) in [6.07, 6.45) is 3.69. The lowest BCUT2D eigenvalue weighted by atomic mass is 10.0. The summed E-state index contributed by atoms with van der Waals surface area (Å²) in [6, 6.07) is 7.82. The largest absolute Gasteiger partial charge is 0.435 e. The van der Waals surface area contributed by atoms with Crippen LogP contribution in [0.3, 0.4) is 0 Å². The lowest BCUT2D eigenvalue weighted by molar-refractivity contribution is 0.199. The molecular formula is C20H19N3O2. The van der Waals surface area contributed by atoms with Crippen LogP contribution in [0, 0.1) is 0 Å². The monoisotopic (exact) mass is 333 g/mol. The zero-order chi connectivity index (χ0) is 17.6. The Balaban J connectivity index is 1.72. The van der Waals surface area contributed by atoms with Crippen molar-refractivity contribution in [2.24, 2.45) is 4.99 Å². The van der Waals surface area contributed by atoms with Crippen LogP contribution in [0.1, 0.15) is 44.8 Å². The van der Waals surface area contributed by atoms with Crippen LogP contribution in [0.5, 0.6) is 0 Å². The molecule has 0 radical (unpaired) electrons. The molecule has 4 rings (SSSR count). The van der Waals surface area contributed by atoms with E-state index in [1.54, 1.807) is 19.3 Å². The van der Waals surface area contributed by atoms with Crippen LogP contribution in [0.25, 0.3) is 22.2 Å². The first-order chi connectivity index (χ1) is 12.0. The molecule has 0 bridgehead atoms. The van der Waals surface area contributed by atoms with Gasteiger partial charge in [0.1, 0.15) is 11.2 Å². The number of hydrogen-bond donors (Lipinski definition) is 1. The van der Waals surface area contributed by atoms with Gasteiger partial charge in [-0.25, -0.2) is 4.98 Å². The second kappa shape index (κ2) is 5.93. The molecule has 1 aliphatic rings. The first-order valence-corrected chi connectivity index (χ1v) is 8.29. The van der Waals surface area contributed by atoms with Crippen LogP contribution < -0.4 is 0 Å². The third-order valence-electron chi connectivity index (χ3n) is 4.56. The van der Waals surface area contributed by atoms with Crippen LogP contribution in [0.4, 0.5) is 0 Å². The van der Waals surface area contributed by atoms with E-state index in [1.165, 1.54) is 5.57 Å². The normalized spacial score (nSPS) is 15.8. The van der Waals surface area contributed by atoms with Gasteiger partial charge in [-0.3, -0.25) is 9.98 Å². The number of oxazole rings is 1. The summed E-state index contributed by atoms with van der Waals surface area (Å²) in [6.45, 7) is 5.81. The standard InChI is InChI=1S/C20H19N3O2/c1-11-6-18(22-12(11)2)20-23-17-5-4-14(8-19(17)25-20)16-7-15(13(3)24)9-21-10-16/h4-5,7-10,13,24H,6H2,1-3H3. The van der Waals surface area contributed by atoms with E-state index in [0.29, 0.717) is 5.89 Å². The predicted molar refractivity (Wildman–Crippen MR) is 97.4 cm³/mol. The lowest BCUT2D eigenvalue weighted by Crippen LogP contribution is -1.97. The number of hydrogen-bond acceptors (Lipinski definition) is 5. The second-order valence-electron chi connectivity index (χ2n) is 6.49. The van der Waals surface area contributed by atoms with Gasteiger partial charge in [0.15, 0.2) is 5.58 Å². The van der Waals surface area contributed by atoms with Crippen molar-refractivity contribution in [3.05, 3.63) is 59.4 Å². The van der Waals surface area contributed by atoms with Crippen LogP contribution in [0.15, 0.2) is 57.3 Å². The molecular weight excluding hydrogens is 314 g/mol. The highest BCUT2D eigenvalue weighted by atomic mass is 16.3. The molecule has 0 saturated heterocycles. The molecule has 1 unspecified atom stereocenters. The summed E-state index contributed by atoms with van der Waals surface area (Å²) in [5.74, 6) is 0.583. The van der Waals surface area contributed by atoms with Gasteiger partial charge >= 0.3 is 0 Å². The number of aliphatic hydroxyl groups is 1. The van der Waals surface area contributed by atoms with Gasteiger partial charge in [-0.05, 0) is 55.7 Å². The summed E-state index contributed by atoms with van der Waals surface area (Å²) in [7, 11) is 0.